The third kappa shape index (κ3) is 5.38. The lowest BCUT2D eigenvalue weighted by Gasteiger charge is -2.38. The molecule has 0 radical (unpaired) electrons. The van der Waals surface area contributed by atoms with Gasteiger partial charge in [-0.3, -0.25) is 0 Å². The summed E-state index contributed by atoms with van der Waals surface area (Å²) in [5, 5.41) is 28.8. The van der Waals surface area contributed by atoms with Crippen LogP contribution in [0.4, 0.5) is 5.69 Å². The number of nitrogens with one attached hydrogen (secondary N) is 2. The van der Waals surface area contributed by atoms with Gasteiger partial charge in [-0.2, -0.15) is 0 Å². The first-order valence-electron chi connectivity index (χ1n) is 13.3. The van der Waals surface area contributed by atoms with Crippen LogP contribution in [0.1, 0.15) is 52.1 Å². The summed E-state index contributed by atoms with van der Waals surface area (Å²) in [7, 11) is 0. The molecule has 41 heavy (non-hydrogen) atoms. The Bertz CT molecular complexity index is 1630. The second-order valence-corrected chi connectivity index (χ2v) is 10.6. The van der Waals surface area contributed by atoms with Crippen molar-refractivity contribution in [2.45, 2.75) is 65.3 Å². The van der Waals surface area contributed by atoms with Crippen molar-refractivity contribution < 1.29 is 23.5 Å². The van der Waals surface area contributed by atoms with E-state index >= 15 is 0 Å². The molecule has 4 aromatic rings. The average molecular weight is 561 g/mol. The van der Waals surface area contributed by atoms with Gasteiger partial charge in [0.15, 0.2) is 29.6 Å². The maximum Gasteiger partial charge on any atom is 0.519 e. The van der Waals surface area contributed by atoms with Crippen molar-refractivity contribution in [1.82, 2.24) is 25.9 Å². The number of nitrogens with zero attached hydrogens (tertiary/aromatic N) is 4. The Morgan fingerprint density at radius 1 is 1.12 bits per heavy atom. The lowest BCUT2D eigenvalue weighted by atomic mass is 9.98. The minimum absolute atomic E-state index is 0.118. The number of aromatic nitrogens is 4. The first-order chi connectivity index (χ1) is 19.5. The largest absolute Gasteiger partial charge is 0.519 e. The van der Waals surface area contributed by atoms with Gasteiger partial charge in [0.2, 0.25) is 0 Å². The van der Waals surface area contributed by atoms with E-state index in [1.54, 1.807) is 20.8 Å². The van der Waals surface area contributed by atoms with Crippen LogP contribution < -0.4 is 16.0 Å². The highest BCUT2D eigenvalue weighted by Crippen LogP contribution is 2.41. The summed E-state index contributed by atoms with van der Waals surface area (Å²) in [6.45, 7) is 8.49. The molecule has 214 valence electrons. The highest BCUT2D eigenvalue weighted by molar-refractivity contribution is 5.96. The second kappa shape index (κ2) is 10.7. The molecule has 12 heteroatoms. The Balaban J connectivity index is 1.54. The number of aryl methyl sites for hydroxylation is 1. The van der Waals surface area contributed by atoms with Gasteiger partial charge in [-0.15, -0.1) is 5.10 Å². The minimum atomic E-state index is -1.39. The number of carbonyl (C=O) groups is 1. The topological polar surface area (TPSA) is 160 Å². The zero-order chi connectivity index (χ0) is 29.4. The van der Waals surface area contributed by atoms with Crippen molar-refractivity contribution in [3.8, 4) is 22.5 Å². The number of rotatable bonds is 9. The van der Waals surface area contributed by atoms with Gasteiger partial charge in [-0.05, 0) is 67.8 Å². The molecule has 1 atom stereocenters. The molecule has 2 aromatic carbocycles. The van der Waals surface area contributed by atoms with E-state index in [2.05, 4.69) is 25.9 Å². The molecular formula is C29H32N6O6. The Morgan fingerprint density at radius 2 is 1.83 bits per heavy atom. The Morgan fingerprint density at radius 3 is 2.41 bits per heavy atom. The summed E-state index contributed by atoms with van der Waals surface area (Å²) in [6, 6.07) is 15.5. The van der Waals surface area contributed by atoms with E-state index in [1.807, 2.05) is 67.3 Å². The summed E-state index contributed by atoms with van der Waals surface area (Å²) in [6.07, 6.45) is 1.46. The summed E-state index contributed by atoms with van der Waals surface area (Å²) in [4.78, 5) is 27.0. The van der Waals surface area contributed by atoms with Crippen LogP contribution in [-0.2, 0) is 16.1 Å². The van der Waals surface area contributed by atoms with Crippen molar-refractivity contribution in [2.75, 3.05) is 4.90 Å². The summed E-state index contributed by atoms with van der Waals surface area (Å²) < 4.78 is 15.5. The molecule has 0 amide bonds. The number of aliphatic hydroxyl groups is 1. The van der Waals surface area contributed by atoms with Crippen LogP contribution in [0, 0.1) is 6.92 Å². The predicted molar refractivity (Wildman–Crippen MR) is 149 cm³/mol. The van der Waals surface area contributed by atoms with Crippen LogP contribution >= 0.6 is 0 Å². The molecule has 0 saturated heterocycles. The third-order valence-corrected chi connectivity index (χ3v) is 7.02. The number of carbonyl (C=O) groups excluding carboxylic acids is 1. The number of tetrazole rings is 1. The molecule has 2 aromatic heterocycles. The number of anilines is 1. The first-order valence-corrected chi connectivity index (χ1v) is 13.3. The molecule has 0 bridgehead atoms. The highest BCUT2D eigenvalue weighted by Gasteiger charge is 2.48. The number of hydrogen-bond donors (Lipinski definition) is 3. The number of benzene rings is 2. The fraction of sp³-hybridized carbons (Fsp3) is 0.345. The van der Waals surface area contributed by atoms with E-state index in [-0.39, 0.29) is 23.8 Å². The lowest BCUT2D eigenvalue weighted by molar-refractivity contribution is -0.141. The van der Waals surface area contributed by atoms with Crippen molar-refractivity contribution >= 4 is 11.7 Å². The number of ether oxygens (including phenoxy) is 1. The SMILES string of the molecule is CCCC1(C)NC(C(C)(C)O)=C(C(=O)OCc2oc(=O)oc2C)N1c1ccc(-c2ccccc2-c2nnn[nH]2)cc1. The van der Waals surface area contributed by atoms with E-state index in [9.17, 15) is 14.7 Å². The van der Waals surface area contributed by atoms with E-state index in [0.717, 1.165) is 23.1 Å². The molecule has 0 fully saturated rings. The van der Waals surface area contributed by atoms with Gasteiger partial charge >= 0.3 is 11.8 Å². The summed E-state index contributed by atoms with van der Waals surface area (Å²) in [5.74, 6) is -0.660. The van der Waals surface area contributed by atoms with Gasteiger partial charge in [0.25, 0.3) is 0 Å². The monoisotopic (exact) mass is 560 g/mol. The van der Waals surface area contributed by atoms with Crippen LogP contribution in [0.5, 0.6) is 0 Å². The van der Waals surface area contributed by atoms with Crippen LogP contribution in [0.15, 0.2) is 73.6 Å². The van der Waals surface area contributed by atoms with Crippen molar-refractivity contribution in [3.05, 3.63) is 82.1 Å². The van der Waals surface area contributed by atoms with E-state index in [0.29, 0.717) is 23.6 Å². The zero-order valence-corrected chi connectivity index (χ0v) is 23.5. The number of esters is 1. The smallest absolute Gasteiger partial charge is 0.453 e. The Hall–Kier alpha value is -4.71. The van der Waals surface area contributed by atoms with E-state index in [4.69, 9.17) is 13.6 Å². The number of H-pyrrole nitrogens is 1. The van der Waals surface area contributed by atoms with Crippen molar-refractivity contribution in [1.29, 1.82) is 0 Å². The van der Waals surface area contributed by atoms with Gasteiger partial charge in [-0.25, -0.2) is 14.7 Å². The van der Waals surface area contributed by atoms with Crippen molar-refractivity contribution in [3.63, 3.8) is 0 Å². The van der Waals surface area contributed by atoms with Crippen LogP contribution in [0.2, 0.25) is 0 Å². The summed E-state index contributed by atoms with van der Waals surface area (Å²) in [5.41, 5.74) is 1.77. The quantitative estimate of drug-likeness (QED) is 0.254. The molecule has 1 unspecified atom stereocenters. The van der Waals surface area contributed by atoms with E-state index in [1.165, 1.54) is 0 Å². The Kier molecular flexibility index (Phi) is 7.26. The fourth-order valence-corrected chi connectivity index (χ4v) is 5.16. The van der Waals surface area contributed by atoms with Crippen LogP contribution in [-0.4, -0.2) is 43.0 Å². The molecule has 12 nitrogen and oxygen atoms in total. The highest BCUT2D eigenvalue weighted by atomic mass is 16.6. The molecule has 1 aliphatic heterocycles. The Labute approximate surface area is 236 Å². The van der Waals surface area contributed by atoms with Gasteiger partial charge in [0.1, 0.15) is 11.3 Å². The zero-order valence-electron chi connectivity index (χ0n) is 23.5. The van der Waals surface area contributed by atoms with Crippen molar-refractivity contribution in [2.24, 2.45) is 0 Å². The maximum atomic E-state index is 13.7. The fourth-order valence-electron chi connectivity index (χ4n) is 5.16. The third-order valence-electron chi connectivity index (χ3n) is 7.02. The van der Waals surface area contributed by atoms with E-state index < -0.39 is 23.1 Å². The average Bonchev–Trinajstić information content (AvgIpc) is 3.65. The molecular weight excluding hydrogens is 528 g/mol. The number of hydrogen-bond acceptors (Lipinski definition) is 11. The standard InChI is InChI=1S/C29H32N6O6/c1-6-15-29(5)30-24(28(3,4)38)23(26(36)39-16-22-17(2)40-27(37)41-22)35(29)19-13-11-18(12-14-19)20-9-7-8-10-21(20)25-31-33-34-32-25/h7-14,30,38H,6,15-16H2,1-5H3,(H,31,32,33,34). The maximum absolute atomic E-state index is 13.7. The number of aromatic amines is 1. The lowest BCUT2D eigenvalue weighted by Crippen LogP contribution is -2.52. The first kappa shape index (κ1) is 27.8. The predicted octanol–water partition coefficient (Wildman–Crippen LogP) is 4.04. The second-order valence-electron chi connectivity index (χ2n) is 10.6. The normalized spacial score (nSPS) is 17.2. The van der Waals surface area contributed by atoms with Crippen LogP contribution in [0.25, 0.3) is 22.5 Å². The minimum Gasteiger partial charge on any atom is -0.453 e. The molecule has 3 heterocycles. The molecule has 0 saturated carbocycles. The molecule has 5 rings (SSSR count). The van der Waals surface area contributed by atoms with Crippen LogP contribution in [0.3, 0.4) is 0 Å². The van der Waals surface area contributed by atoms with Gasteiger partial charge in [0.05, 0.1) is 5.70 Å². The molecule has 0 aliphatic carbocycles. The van der Waals surface area contributed by atoms with Gasteiger partial charge in [-0.1, -0.05) is 49.7 Å². The van der Waals surface area contributed by atoms with Gasteiger partial charge in [0, 0.05) is 11.3 Å². The van der Waals surface area contributed by atoms with Gasteiger partial charge < -0.3 is 28.9 Å². The molecule has 1 aliphatic rings. The summed E-state index contributed by atoms with van der Waals surface area (Å²) >= 11 is 0. The molecule has 0 spiro atoms. The molecule has 3 N–H and O–H groups in total.